The molecule has 33 heavy (non-hydrogen) atoms. The molecule has 0 aromatic heterocycles. The Bertz CT molecular complexity index is 1030. The second kappa shape index (κ2) is 8.78. The van der Waals surface area contributed by atoms with Crippen LogP contribution in [-0.2, 0) is 24.1 Å². The quantitative estimate of drug-likeness (QED) is 0.522. The van der Waals surface area contributed by atoms with Gasteiger partial charge in [0.2, 0.25) is 0 Å². The molecule has 0 radical (unpaired) electrons. The highest BCUT2D eigenvalue weighted by molar-refractivity contribution is 6.06. The van der Waals surface area contributed by atoms with E-state index in [-0.39, 0.29) is 30.5 Å². The normalized spacial score (nSPS) is 22.6. The van der Waals surface area contributed by atoms with Crippen LogP contribution in [0.4, 0.5) is 22.4 Å². The first-order valence-electron chi connectivity index (χ1n) is 10.8. The zero-order valence-electron chi connectivity index (χ0n) is 18.2. The van der Waals surface area contributed by atoms with Gasteiger partial charge in [0.05, 0.1) is 12.1 Å². The highest BCUT2D eigenvalue weighted by Gasteiger charge is 2.52. The van der Waals surface area contributed by atoms with E-state index in [1.807, 2.05) is 4.90 Å². The van der Waals surface area contributed by atoms with Gasteiger partial charge < -0.3 is 5.32 Å². The van der Waals surface area contributed by atoms with E-state index in [4.69, 9.17) is 0 Å². The van der Waals surface area contributed by atoms with Crippen molar-refractivity contribution in [2.75, 3.05) is 13.1 Å². The molecule has 2 aromatic carbocycles. The molecule has 0 spiro atoms. The number of rotatable bonds is 5. The van der Waals surface area contributed by atoms with E-state index < -0.39 is 29.1 Å². The van der Waals surface area contributed by atoms with Gasteiger partial charge in [-0.3, -0.25) is 14.6 Å². The Morgan fingerprint density at radius 2 is 1.64 bits per heavy atom. The average molecular weight is 463 g/mol. The molecule has 1 atom stereocenters. The molecule has 2 aromatic rings. The molecule has 0 bridgehead atoms. The first kappa shape index (κ1) is 23.2. The lowest BCUT2D eigenvalue weighted by molar-refractivity contribution is -0.138. The number of nitrogens with one attached hydrogen (secondary N) is 1. The highest BCUT2D eigenvalue weighted by atomic mass is 19.4. The average Bonchev–Trinajstić information content (AvgIpc) is 2.99. The van der Waals surface area contributed by atoms with E-state index in [1.54, 1.807) is 13.0 Å². The first-order valence-corrected chi connectivity index (χ1v) is 10.8. The van der Waals surface area contributed by atoms with E-state index >= 15 is 0 Å². The second-order valence-electron chi connectivity index (χ2n) is 8.86. The number of hydrogen-bond donors (Lipinski definition) is 1. The Balaban J connectivity index is 1.40. The number of hydrogen-bond acceptors (Lipinski definition) is 3. The molecule has 5 nitrogen and oxygen atoms in total. The molecular formula is C24H25F4N3O2. The number of piperidine rings is 1. The number of imide groups is 1. The molecule has 0 saturated carbocycles. The van der Waals surface area contributed by atoms with Gasteiger partial charge in [0, 0.05) is 6.54 Å². The third kappa shape index (κ3) is 4.73. The van der Waals surface area contributed by atoms with Crippen molar-refractivity contribution in [1.29, 1.82) is 0 Å². The van der Waals surface area contributed by atoms with Crippen molar-refractivity contribution in [3.8, 4) is 0 Å². The monoisotopic (exact) mass is 463 g/mol. The van der Waals surface area contributed by atoms with Gasteiger partial charge in [0.1, 0.15) is 11.4 Å². The largest absolute Gasteiger partial charge is 0.416 e. The standard InChI is InChI=1S/C24H25F4N3O2/c1-23(21(32)31(22(33)29-23)14-16-6-8-19(25)9-7-16)18-10-12-30(13-11-18)15-17-4-2-3-5-20(17)24(26,27)28/h2-9,18H,10-15H2,1H3,(H,29,33)/t23-/m0/s1. The van der Waals surface area contributed by atoms with Crippen LogP contribution < -0.4 is 5.32 Å². The van der Waals surface area contributed by atoms with E-state index in [0.717, 1.165) is 11.0 Å². The van der Waals surface area contributed by atoms with Crippen LogP contribution >= 0.6 is 0 Å². The number of carbonyl (C=O) groups is 2. The van der Waals surface area contributed by atoms with E-state index in [2.05, 4.69) is 5.32 Å². The number of alkyl halides is 3. The molecule has 0 aliphatic carbocycles. The van der Waals surface area contributed by atoms with Crippen molar-refractivity contribution in [1.82, 2.24) is 15.1 Å². The molecule has 1 N–H and O–H groups in total. The van der Waals surface area contributed by atoms with Crippen LogP contribution in [0.1, 0.15) is 36.5 Å². The molecule has 9 heteroatoms. The van der Waals surface area contributed by atoms with Crippen LogP contribution in [0.2, 0.25) is 0 Å². The van der Waals surface area contributed by atoms with Crippen molar-refractivity contribution < 1.29 is 27.2 Å². The van der Waals surface area contributed by atoms with E-state index in [1.165, 1.54) is 36.4 Å². The van der Waals surface area contributed by atoms with Gasteiger partial charge in [-0.05, 0) is 68.1 Å². The summed E-state index contributed by atoms with van der Waals surface area (Å²) in [6.07, 6.45) is -3.26. The molecule has 0 unspecified atom stereocenters. The predicted molar refractivity (Wildman–Crippen MR) is 113 cm³/mol. The second-order valence-corrected chi connectivity index (χ2v) is 8.86. The maximum Gasteiger partial charge on any atom is 0.416 e. The Morgan fingerprint density at radius 3 is 2.27 bits per heavy atom. The zero-order chi connectivity index (χ0) is 23.8. The maximum atomic E-state index is 13.3. The lowest BCUT2D eigenvalue weighted by atomic mass is 9.78. The summed E-state index contributed by atoms with van der Waals surface area (Å²) in [6.45, 7) is 2.97. The van der Waals surface area contributed by atoms with Crippen LogP contribution in [0.25, 0.3) is 0 Å². The summed E-state index contributed by atoms with van der Waals surface area (Å²) in [7, 11) is 0. The van der Waals surface area contributed by atoms with Crippen LogP contribution in [0.15, 0.2) is 48.5 Å². The molecule has 2 aliphatic rings. The van der Waals surface area contributed by atoms with Gasteiger partial charge in [0.15, 0.2) is 0 Å². The van der Waals surface area contributed by atoms with Crippen molar-refractivity contribution >= 4 is 11.9 Å². The van der Waals surface area contributed by atoms with Gasteiger partial charge in [-0.1, -0.05) is 30.3 Å². The summed E-state index contributed by atoms with van der Waals surface area (Å²) < 4.78 is 53.0. The first-order chi connectivity index (χ1) is 15.6. The fourth-order valence-electron chi connectivity index (χ4n) is 4.75. The van der Waals surface area contributed by atoms with Gasteiger partial charge in [0.25, 0.3) is 5.91 Å². The van der Waals surface area contributed by atoms with Crippen LogP contribution in [0.3, 0.4) is 0 Å². The molecule has 176 valence electrons. The number of benzene rings is 2. The Morgan fingerprint density at radius 1 is 1.00 bits per heavy atom. The lowest BCUT2D eigenvalue weighted by Crippen LogP contribution is -2.53. The topological polar surface area (TPSA) is 52.7 Å². The number of amides is 3. The summed E-state index contributed by atoms with van der Waals surface area (Å²) >= 11 is 0. The molecule has 4 rings (SSSR count). The third-order valence-electron chi connectivity index (χ3n) is 6.68. The molecule has 2 aliphatic heterocycles. The van der Waals surface area contributed by atoms with Crippen molar-refractivity contribution in [3.63, 3.8) is 0 Å². The number of carbonyl (C=O) groups excluding carboxylic acids is 2. The number of urea groups is 1. The van der Waals surface area contributed by atoms with Crippen molar-refractivity contribution in [2.24, 2.45) is 5.92 Å². The highest BCUT2D eigenvalue weighted by Crippen LogP contribution is 2.36. The number of likely N-dealkylation sites (tertiary alicyclic amines) is 1. The molecule has 2 heterocycles. The summed E-state index contributed by atoms with van der Waals surface area (Å²) in [4.78, 5) is 28.8. The summed E-state index contributed by atoms with van der Waals surface area (Å²) in [6, 6.07) is 10.7. The molecule has 2 saturated heterocycles. The van der Waals surface area contributed by atoms with Gasteiger partial charge in [-0.25, -0.2) is 9.18 Å². The fourth-order valence-corrected chi connectivity index (χ4v) is 4.75. The van der Waals surface area contributed by atoms with Gasteiger partial charge >= 0.3 is 12.2 Å². The Labute approximate surface area is 189 Å². The van der Waals surface area contributed by atoms with Crippen LogP contribution in [0.5, 0.6) is 0 Å². The SMILES string of the molecule is C[C@@]1(C2CCN(Cc3ccccc3C(F)(F)F)CC2)NC(=O)N(Cc2ccc(F)cc2)C1=O. The minimum absolute atomic E-state index is 0.0492. The molecular weight excluding hydrogens is 438 g/mol. The fraction of sp³-hybridized carbons (Fsp3) is 0.417. The third-order valence-corrected chi connectivity index (χ3v) is 6.68. The molecule has 3 amide bonds. The predicted octanol–water partition coefficient (Wildman–Crippen LogP) is 4.57. The summed E-state index contributed by atoms with van der Waals surface area (Å²) in [5, 5.41) is 2.82. The maximum absolute atomic E-state index is 13.3. The summed E-state index contributed by atoms with van der Waals surface area (Å²) in [5.74, 6) is -0.871. The minimum atomic E-state index is -4.41. The smallest absolute Gasteiger partial charge is 0.323 e. The summed E-state index contributed by atoms with van der Waals surface area (Å²) in [5.41, 5.74) is -0.839. The van der Waals surface area contributed by atoms with Crippen LogP contribution in [0, 0.1) is 11.7 Å². The van der Waals surface area contributed by atoms with E-state index in [0.29, 0.717) is 31.5 Å². The van der Waals surface area contributed by atoms with Crippen molar-refractivity contribution in [3.05, 3.63) is 71.0 Å². The Kier molecular flexibility index (Phi) is 6.18. The van der Waals surface area contributed by atoms with Gasteiger partial charge in [-0.15, -0.1) is 0 Å². The zero-order valence-corrected chi connectivity index (χ0v) is 18.2. The van der Waals surface area contributed by atoms with Crippen LogP contribution in [-0.4, -0.2) is 40.4 Å². The van der Waals surface area contributed by atoms with Crippen molar-refractivity contribution in [2.45, 2.75) is 44.6 Å². The van der Waals surface area contributed by atoms with E-state index in [9.17, 15) is 27.2 Å². The Hall–Kier alpha value is -2.94. The number of nitrogens with zero attached hydrogens (tertiary/aromatic N) is 2. The lowest BCUT2D eigenvalue weighted by Gasteiger charge is -2.39. The minimum Gasteiger partial charge on any atom is -0.323 e. The van der Waals surface area contributed by atoms with Gasteiger partial charge in [-0.2, -0.15) is 13.2 Å². The molecule has 2 fully saturated rings. The number of halogens is 4.